The normalized spacial score (nSPS) is 26.7. The van der Waals surface area contributed by atoms with Crippen molar-refractivity contribution in [3.8, 4) is 0 Å². The summed E-state index contributed by atoms with van der Waals surface area (Å²) in [6.07, 6.45) is 1.50. The number of ether oxygens (including phenoxy) is 2. The van der Waals surface area contributed by atoms with Gasteiger partial charge in [-0.15, -0.1) is 0 Å². The highest BCUT2D eigenvalue weighted by molar-refractivity contribution is 5.86. The Morgan fingerprint density at radius 2 is 1.92 bits per heavy atom. The number of carbonyl (C=O) groups is 2. The molecule has 2 aliphatic rings. The van der Waals surface area contributed by atoms with E-state index >= 15 is 0 Å². The van der Waals surface area contributed by atoms with Crippen LogP contribution in [0.25, 0.3) is 0 Å². The van der Waals surface area contributed by atoms with Crippen LogP contribution in [-0.4, -0.2) is 50.1 Å². The summed E-state index contributed by atoms with van der Waals surface area (Å²) in [6, 6.07) is 0. The molecule has 1 aliphatic heterocycles. The number of carbonyl (C=O) groups excluding carboxylic acids is 2. The van der Waals surface area contributed by atoms with E-state index in [0.29, 0.717) is 13.2 Å². The first-order valence-electron chi connectivity index (χ1n) is 8.18. The largest absolute Gasteiger partial charge is 0.459 e. The molecule has 1 fully saturated rings. The zero-order chi connectivity index (χ0) is 18.4. The molecule has 2 rings (SSSR count). The first kappa shape index (κ1) is 19.7. The lowest BCUT2D eigenvalue weighted by Crippen LogP contribution is -2.43. The van der Waals surface area contributed by atoms with E-state index in [4.69, 9.17) is 4.74 Å². The monoisotopic (exact) mass is 367 g/mol. The molecule has 1 heterocycles. The molecular weight excluding hydrogens is 346 g/mol. The second kappa shape index (κ2) is 8.64. The Labute approximate surface area is 142 Å². The number of halogens is 4. The van der Waals surface area contributed by atoms with Crippen molar-refractivity contribution in [3.05, 3.63) is 12.2 Å². The Bertz CT molecular complexity index is 506. The fraction of sp³-hybridized carbons (Fsp3) is 0.750. The van der Waals surface area contributed by atoms with Gasteiger partial charge in [-0.1, -0.05) is 12.2 Å². The van der Waals surface area contributed by atoms with Gasteiger partial charge >= 0.3 is 18.3 Å². The molecule has 0 unspecified atom stereocenters. The molecule has 5 nitrogen and oxygen atoms in total. The summed E-state index contributed by atoms with van der Waals surface area (Å²) in [6.45, 7) is -0.752. The number of amides is 1. The highest BCUT2D eigenvalue weighted by atomic mass is 19.3. The first-order chi connectivity index (χ1) is 11.8. The zero-order valence-electron chi connectivity index (χ0n) is 13.6. The summed E-state index contributed by atoms with van der Waals surface area (Å²) >= 11 is 0. The van der Waals surface area contributed by atoms with Crippen LogP contribution in [0.3, 0.4) is 0 Å². The Hall–Kier alpha value is -1.64. The van der Waals surface area contributed by atoms with E-state index in [1.165, 1.54) is 0 Å². The molecule has 9 heteroatoms. The van der Waals surface area contributed by atoms with Gasteiger partial charge in [-0.25, -0.2) is 8.78 Å². The third kappa shape index (κ3) is 5.42. The number of alkyl halides is 4. The lowest BCUT2D eigenvalue weighted by Gasteiger charge is -2.27. The molecule has 3 atom stereocenters. The minimum Gasteiger partial charge on any atom is -0.459 e. The van der Waals surface area contributed by atoms with E-state index in [1.54, 1.807) is 12.2 Å². The van der Waals surface area contributed by atoms with Crippen molar-refractivity contribution in [2.75, 3.05) is 19.8 Å². The standard InChI is InChI=1S/C16H21F4NO4/c17-15(18)16(19,20)9-25-14(23)12-6-2-1-5-11(12)13(22)21-8-10-4-3-7-24-10/h1-2,10-12,15H,3-9H2,(H,21,22)/t10-,11-,12-/m0/s1. The van der Waals surface area contributed by atoms with Gasteiger partial charge in [0.05, 0.1) is 17.9 Å². The number of esters is 1. The maximum absolute atomic E-state index is 12.9. The van der Waals surface area contributed by atoms with Crippen LogP contribution < -0.4 is 5.32 Å². The van der Waals surface area contributed by atoms with Gasteiger partial charge < -0.3 is 14.8 Å². The second-order valence-electron chi connectivity index (χ2n) is 6.21. The van der Waals surface area contributed by atoms with Gasteiger partial charge in [-0.2, -0.15) is 8.78 Å². The smallest absolute Gasteiger partial charge is 0.340 e. The van der Waals surface area contributed by atoms with E-state index in [1.807, 2.05) is 0 Å². The van der Waals surface area contributed by atoms with Crippen molar-refractivity contribution in [3.63, 3.8) is 0 Å². The number of allylic oxidation sites excluding steroid dienone is 2. The van der Waals surface area contributed by atoms with Crippen molar-refractivity contribution in [2.45, 2.75) is 44.1 Å². The maximum atomic E-state index is 12.9. The SMILES string of the molecule is O=C(NC[C@@H]1CCCO1)[C@H]1CC=CC[C@@H]1C(=O)OCC(F)(F)C(F)F. The summed E-state index contributed by atoms with van der Waals surface area (Å²) in [5, 5.41) is 2.70. The molecule has 0 radical (unpaired) electrons. The molecule has 0 saturated carbocycles. The maximum Gasteiger partial charge on any atom is 0.340 e. The van der Waals surface area contributed by atoms with Crippen molar-refractivity contribution >= 4 is 11.9 Å². The number of hydrogen-bond acceptors (Lipinski definition) is 4. The Morgan fingerprint density at radius 3 is 2.52 bits per heavy atom. The summed E-state index contributed by atoms with van der Waals surface area (Å²) in [5.74, 6) is -7.62. The zero-order valence-corrected chi connectivity index (χ0v) is 13.6. The minimum absolute atomic E-state index is 0.0711. The van der Waals surface area contributed by atoms with Gasteiger partial charge in [0.15, 0.2) is 6.61 Å². The van der Waals surface area contributed by atoms with Crippen LogP contribution in [0.4, 0.5) is 17.6 Å². The van der Waals surface area contributed by atoms with Crippen LogP contribution >= 0.6 is 0 Å². The van der Waals surface area contributed by atoms with E-state index < -0.39 is 42.7 Å². The fourth-order valence-corrected chi connectivity index (χ4v) is 2.85. The van der Waals surface area contributed by atoms with Gasteiger partial charge in [-0.3, -0.25) is 9.59 Å². The van der Waals surface area contributed by atoms with Gasteiger partial charge in [0.25, 0.3) is 0 Å². The number of rotatable bonds is 7. The van der Waals surface area contributed by atoms with Crippen molar-refractivity contribution in [2.24, 2.45) is 11.8 Å². The molecule has 1 amide bonds. The Kier molecular flexibility index (Phi) is 6.80. The molecule has 0 aromatic rings. The van der Waals surface area contributed by atoms with Crippen LogP contribution in [0.1, 0.15) is 25.7 Å². The predicted molar refractivity (Wildman–Crippen MR) is 79.2 cm³/mol. The second-order valence-corrected chi connectivity index (χ2v) is 6.21. The van der Waals surface area contributed by atoms with Crippen molar-refractivity contribution in [1.29, 1.82) is 0 Å². The van der Waals surface area contributed by atoms with E-state index in [0.717, 1.165) is 12.8 Å². The molecular formula is C16H21F4NO4. The molecule has 0 spiro atoms. The van der Waals surface area contributed by atoms with Crippen molar-refractivity contribution < 1.29 is 36.6 Å². The predicted octanol–water partition coefficient (Wildman–Crippen LogP) is 2.31. The highest BCUT2D eigenvalue weighted by Crippen LogP contribution is 2.29. The molecule has 0 aromatic carbocycles. The molecule has 142 valence electrons. The number of nitrogens with one attached hydrogen (secondary N) is 1. The average molecular weight is 367 g/mol. The first-order valence-corrected chi connectivity index (χ1v) is 8.18. The fourth-order valence-electron chi connectivity index (χ4n) is 2.85. The number of hydrogen-bond donors (Lipinski definition) is 1. The lowest BCUT2D eigenvalue weighted by atomic mass is 9.82. The Balaban J connectivity index is 1.89. The van der Waals surface area contributed by atoms with Crippen molar-refractivity contribution in [1.82, 2.24) is 5.32 Å². The van der Waals surface area contributed by atoms with Gasteiger partial charge in [-0.05, 0) is 25.7 Å². The minimum atomic E-state index is -4.41. The molecule has 0 aromatic heterocycles. The van der Waals surface area contributed by atoms with Crippen LogP contribution in [0.5, 0.6) is 0 Å². The van der Waals surface area contributed by atoms with Gasteiger partial charge in [0, 0.05) is 13.2 Å². The third-order valence-corrected chi connectivity index (χ3v) is 4.33. The molecule has 1 aliphatic carbocycles. The van der Waals surface area contributed by atoms with Crippen LogP contribution in [0.2, 0.25) is 0 Å². The summed E-state index contributed by atoms with van der Waals surface area (Å²) in [7, 11) is 0. The molecule has 1 N–H and O–H groups in total. The quantitative estimate of drug-likeness (QED) is 0.426. The average Bonchev–Trinajstić information content (AvgIpc) is 3.11. The van der Waals surface area contributed by atoms with E-state index in [2.05, 4.69) is 10.1 Å². The van der Waals surface area contributed by atoms with Crippen LogP contribution in [0.15, 0.2) is 12.2 Å². The third-order valence-electron chi connectivity index (χ3n) is 4.33. The Morgan fingerprint density at radius 1 is 1.24 bits per heavy atom. The van der Waals surface area contributed by atoms with Gasteiger partial charge in [0.1, 0.15) is 0 Å². The summed E-state index contributed by atoms with van der Waals surface area (Å²) in [4.78, 5) is 24.3. The molecule has 25 heavy (non-hydrogen) atoms. The van der Waals surface area contributed by atoms with E-state index in [9.17, 15) is 27.2 Å². The summed E-state index contributed by atoms with van der Waals surface area (Å²) in [5.41, 5.74) is 0. The highest BCUT2D eigenvalue weighted by Gasteiger charge is 2.43. The van der Waals surface area contributed by atoms with Crippen LogP contribution in [-0.2, 0) is 19.1 Å². The van der Waals surface area contributed by atoms with E-state index in [-0.39, 0.29) is 18.9 Å². The van der Waals surface area contributed by atoms with Gasteiger partial charge in [0.2, 0.25) is 5.91 Å². The summed E-state index contributed by atoms with van der Waals surface area (Å²) < 4.78 is 59.8. The van der Waals surface area contributed by atoms with Crippen LogP contribution in [0, 0.1) is 11.8 Å². The molecule has 0 bridgehead atoms. The lowest BCUT2D eigenvalue weighted by molar-refractivity contribution is -0.184. The topological polar surface area (TPSA) is 64.6 Å². The molecule has 1 saturated heterocycles.